The van der Waals surface area contributed by atoms with Gasteiger partial charge in [-0.15, -0.1) is 0 Å². The number of carbonyl (C=O) groups excluding carboxylic acids is 2. The van der Waals surface area contributed by atoms with Gasteiger partial charge in [-0.25, -0.2) is 4.79 Å². The smallest absolute Gasteiger partial charge is 0.404 e. The van der Waals surface area contributed by atoms with Crippen molar-refractivity contribution in [3.05, 3.63) is 0 Å². The van der Waals surface area contributed by atoms with Gasteiger partial charge in [0.1, 0.15) is 6.04 Å². The number of nitrogens with one attached hydrogen (secondary N) is 2. The van der Waals surface area contributed by atoms with Crippen molar-refractivity contribution in [1.29, 1.82) is 0 Å². The Morgan fingerprint density at radius 2 is 1.72 bits per heavy atom. The Bertz CT molecular complexity index is 428. The zero-order chi connectivity index (χ0) is 19.4. The van der Waals surface area contributed by atoms with Crippen molar-refractivity contribution in [1.82, 2.24) is 15.5 Å². The average Bonchev–Trinajstić information content (AvgIpc) is 2.57. The molecule has 0 aliphatic carbocycles. The second-order valence-electron chi connectivity index (χ2n) is 5.93. The highest BCUT2D eigenvalue weighted by atomic mass is 16.7. The summed E-state index contributed by atoms with van der Waals surface area (Å²) in [7, 11) is 3.00. The largest absolute Gasteiger partial charge is 0.465 e. The lowest BCUT2D eigenvalue weighted by atomic mass is 10.1. The molecule has 1 unspecified atom stereocenters. The highest BCUT2D eigenvalue weighted by Gasteiger charge is 2.25. The Labute approximate surface area is 149 Å². The van der Waals surface area contributed by atoms with Crippen molar-refractivity contribution in [2.45, 2.75) is 45.9 Å². The molecule has 0 radical (unpaired) electrons. The molecule has 3 amide bonds. The van der Waals surface area contributed by atoms with Crippen LogP contribution in [0.3, 0.4) is 0 Å². The van der Waals surface area contributed by atoms with Gasteiger partial charge in [-0.2, -0.15) is 0 Å². The zero-order valence-electron chi connectivity index (χ0n) is 15.7. The average molecular weight is 361 g/mol. The van der Waals surface area contributed by atoms with E-state index in [1.807, 2.05) is 13.8 Å². The number of hydrogen-bond acceptors (Lipinski definition) is 5. The third kappa shape index (κ3) is 9.88. The van der Waals surface area contributed by atoms with E-state index in [-0.39, 0.29) is 25.4 Å². The summed E-state index contributed by atoms with van der Waals surface area (Å²) in [4.78, 5) is 36.5. The molecule has 9 nitrogen and oxygen atoms in total. The molecule has 0 aliphatic heterocycles. The molecule has 9 heteroatoms. The van der Waals surface area contributed by atoms with E-state index in [2.05, 4.69) is 10.6 Å². The maximum absolute atomic E-state index is 12.7. The van der Waals surface area contributed by atoms with Gasteiger partial charge in [0.15, 0.2) is 6.29 Å². The second kappa shape index (κ2) is 12.5. The molecule has 3 N–H and O–H groups in total. The van der Waals surface area contributed by atoms with Gasteiger partial charge in [0.2, 0.25) is 11.8 Å². The number of hydrogen-bond donors (Lipinski definition) is 3. The fraction of sp³-hybridized carbons (Fsp3) is 0.812. The van der Waals surface area contributed by atoms with Crippen LogP contribution in [-0.4, -0.2) is 74.1 Å². The quantitative estimate of drug-likeness (QED) is 0.439. The van der Waals surface area contributed by atoms with Crippen molar-refractivity contribution in [2.75, 3.05) is 33.9 Å². The SMILES string of the molecule is CCC(C)CN(CC(OC)OC)C(=O)[C@H](C)NC(=O)CCNC(=O)O. The van der Waals surface area contributed by atoms with E-state index in [0.29, 0.717) is 12.5 Å². The van der Waals surface area contributed by atoms with Gasteiger partial charge in [-0.05, 0) is 12.8 Å². The van der Waals surface area contributed by atoms with Crippen molar-refractivity contribution in [3.8, 4) is 0 Å². The van der Waals surface area contributed by atoms with Crippen molar-refractivity contribution in [3.63, 3.8) is 0 Å². The first kappa shape index (κ1) is 23.1. The monoisotopic (exact) mass is 361 g/mol. The van der Waals surface area contributed by atoms with E-state index >= 15 is 0 Å². The Balaban J connectivity index is 4.73. The summed E-state index contributed by atoms with van der Waals surface area (Å²) >= 11 is 0. The minimum absolute atomic E-state index is 0.00587. The topological polar surface area (TPSA) is 117 Å². The van der Waals surface area contributed by atoms with Gasteiger partial charge in [0.05, 0.1) is 6.54 Å². The number of carbonyl (C=O) groups is 3. The Hall–Kier alpha value is -1.87. The summed E-state index contributed by atoms with van der Waals surface area (Å²) in [6.45, 7) is 6.46. The van der Waals surface area contributed by atoms with Crippen molar-refractivity contribution >= 4 is 17.9 Å². The molecule has 0 fully saturated rings. The van der Waals surface area contributed by atoms with Crippen LogP contribution in [0, 0.1) is 5.92 Å². The normalized spacial score (nSPS) is 13.2. The number of nitrogens with zero attached hydrogens (tertiary/aromatic N) is 1. The van der Waals surface area contributed by atoms with Gasteiger partial charge >= 0.3 is 6.09 Å². The van der Waals surface area contributed by atoms with Gasteiger partial charge in [0, 0.05) is 33.7 Å². The predicted octanol–water partition coefficient (Wildman–Crippen LogP) is 0.642. The first-order chi connectivity index (χ1) is 11.7. The molecule has 0 aromatic carbocycles. The maximum Gasteiger partial charge on any atom is 0.404 e. The maximum atomic E-state index is 12.7. The highest BCUT2D eigenvalue weighted by molar-refractivity contribution is 5.87. The van der Waals surface area contributed by atoms with E-state index in [0.717, 1.165) is 6.42 Å². The van der Waals surface area contributed by atoms with E-state index in [9.17, 15) is 14.4 Å². The lowest BCUT2D eigenvalue weighted by Gasteiger charge is -2.30. The molecule has 0 heterocycles. The van der Waals surface area contributed by atoms with Crippen LogP contribution >= 0.6 is 0 Å². The van der Waals surface area contributed by atoms with Gasteiger partial charge in [-0.1, -0.05) is 20.3 Å². The number of ether oxygens (including phenoxy) is 2. The molecule has 0 bridgehead atoms. The molecular weight excluding hydrogens is 330 g/mol. The Morgan fingerprint density at radius 3 is 2.20 bits per heavy atom. The van der Waals surface area contributed by atoms with Crippen LogP contribution in [0.5, 0.6) is 0 Å². The minimum atomic E-state index is -1.19. The molecule has 0 saturated carbocycles. The first-order valence-corrected chi connectivity index (χ1v) is 8.35. The van der Waals surface area contributed by atoms with Gasteiger partial charge in [-0.3, -0.25) is 9.59 Å². The molecule has 0 aliphatic rings. The highest BCUT2D eigenvalue weighted by Crippen LogP contribution is 2.08. The number of amides is 3. The molecule has 2 atom stereocenters. The molecule has 0 spiro atoms. The molecule has 0 aromatic heterocycles. The van der Waals surface area contributed by atoms with Crippen LogP contribution in [0.1, 0.15) is 33.6 Å². The van der Waals surface area contributed by atoms with Crippen LogP contribution in [0.2, 0.25) is 0 Å². The lowest BCUT2D eigenvalue weighted by Crippen LogP contribution is -2.50. The van der Waals surface area contributed by atoms with Crippen LogP contribution in [0.4, 0.5) is 4.79 Å². The first-order valence-electron chi connectivity index (χ1n) is 8.35. The van der Waals surface area contributed by atoms with Crippen LogP contribution in [-0.2, 0) is 19.1 Å². The lowest BCUT2D eigenvalue weighted by molar-refractivity contribution is -0.148. The zero-order valence-corrected chi connectivity index (χ0v) is 15.7. The van der Waals surface area contributed by atoms with E-state index in [1.165, 1.54) is 14.2 Å². The predicted molar refractivity (Wildman–Crippen MR) is 92.1 cm³/mol. The molecule has 0 saturated heterocycles. The van der Waals surface area contributed by atoms with Gasteiger partial charge < -0.3 is 30.1 Å². The standard InChI is InChI=1S/C16H31N3O6/c1-6-11(2)9-19(10-14(24-4)25-5)15(21)12(3)18-13(20)7-8-17-16(22)23/h11-12,14,17H,6-10H2,1-5H3,(H,18,20)(H,22,23)/t11?,12-/m0/s1. The Morgan fingerprint density at radius 1 is 1.12 bits per heavy atom. The van der Waals surface area contributed by atoms with E-state index < -0.39 is 24.3 Å². The summed E-state index contributed by atoms with van der Waals surface area (Å²) in [5, 5.41) is 13.2. The van der Waals surface area contributed by atoms with Gasteiger partial charge in [0.25, 0.3) is 0 Å². The number of carboxylic acid groups (broad SMARTS) is 1. The van der Waals surface area contributed by atoms with E-state index in [4.69, 9.17) is 14.6 Å². The van der Waals surface area contributed by atoms with Crippen LogP contribution in [0.15, 0.2) is 0 Å². The van der Waals surface area contributed by atoms with Crippen LogP contribution < -0.4 is 10.6 Å². The summed E-state index contributed by atoms with van der Waals surface area (Å²) in [6.07, 6.45) is -0.859. The van der Waals surface area contributed by atoms with Crippen LogP contribution in [0.25, 0.3) is 0 Å². The number of methoxy groups -OCH3 is 2. The van der Waals surface area contributed by atoms with Crippen molar-refractivity contribution < 1.29 is 29.0 Å². The third-order valence-corrected chi connectivity index (χ3v) is 3.81. The molecular formula is C16H31N3O6. The molecule has 0 aromatic rings. The minimum Gasteiger partial charge on any atom is -0.465 e. The summed E-state index contributed by atoms with van der Waals surface area (Å²) in [5.41, 5.74) is 0. The summed E-state index contributed by atoms with van der Waals surface area (Å²) in [6, 6.07) is -0.726. The van der Waals surface area contributed by atoms with E-state index in [1.54, 1.807) is 11.8 Å². The molecule has 25 heavy (non-hydrogen) atoms. The third-order valence-electron chi connectivity index (χ3n) is 3.81. The Kier molecular flexibility index (Phi) is 11.6. The molecule has 146 valence electrons. The number of rotatable bonds is 12. The van der Waals surface area contributed by atoms with Crippen molar-refractivity contribution in [2.24, 2.45) is 5.92 Å². The second-order valence-corrected chi connectivity index (χ2v) is 5.93. The summed E-state index contributed by atoms with van der Waals surface area (Å²) in [5.74, 6) is -0.340. The fourth-order valence-electron chi connectivity index (χ4n) is 2.12. The molecule has 0 rings (SSSR count). The fourth-order valence-corrected chi connectivity index (χ4v) is 2.12. The summed E-state index contributed by atoms with van der Waals surface area (Å²) < 4.78 is 10.3.